The number of carbonyl (C=O) groups excluding carboxylic acids is 3. The van der Waals surface area contributed by atoms with Crippen molar-refractivity contribution >= 4 is 29.6 Å². The van der Waals surface area contributed by atoms with Crippen LogP contribution in [0.5, 0.6) is 5.75 Å². The summed E-state index contributed by atoms with van der Waals surface area (Å²) in [6.45, 7) is 3.21. The third-order valence-corrected chi connectivity index (χ3v) is 5.42. The Morgan fingerprint density at radius 1 is 0.939 bits per heavy atom. The summed E-state index contributed by atoms with van der Waals surface area (Å²) in [6.07, 6.45) is 4.99. The molecule has 4 rings (SSSR count). The van der Waals surface area contributed by atoms with Crippen molar-refractivity contribution in [2.45, 2.75) is 26.3 Å². The van der Waals surface area contributed by atoms with E-state index in [1.54, 1.807) is 12.1 Å². The van der Waals surface area contributed by atoms with Gasteiger partial charge < -0.3 is 9.30 Å². The highest BCUT2D eigenvalue weighted by Gasteiger charge is 2.36. The number of nitrogens with zero attached hydrogens (tertiary/aromatic N) is 2. The zero-order valence-corrected chi connectivity index (χ0v) is 18.4. The molecule has 0 aliphatic carbocycles. The average Bonchev–Trinajstić information content (AvgIpc) is 3.27. The lowest BCUT2D eigenvalue weighted by Gasteiger charge is -2.26. The number of ether oxygens (including phenoxy) is 1. The zero-order valence-electron chi connectivity index (χ0n) is 18.4. The molecule has 0 unspecified atom stereocenters. The van der Waals surface area contributed by atoms with Crippen molar-refractivity contribution in [2.75, 3.05) is 11.5 Å². The van der Waals surface area contributed by atoms with E-state index in [2.05, 4.69) is 5.32 Å². The van der Waals surface area contributed by atoms with Crippen molar-refractivity contribution in [3.05, 3.63) is 89.8 Å². The summed E-state index contributed by atoms with van der Waals surface area (Å²) in [7, 11) is 0. The lowest BCUT2D eigenvalue weighted by molar-refractivity contribution is -0.122. The van der Waals surface area contributed by atoms with E-state index >= 15 is 0 Å². The van der Waals surface area contributed by atoms with Gasteiger partial charge >= 0.3 is 6.03 Å². The first-order valence-corrected chi connectivity index (χ1v) is 10.9. The number of amides is 4. The number of imide groups is 2. The van der Waals surface area contributed by atoms with Crippen LogP contribution in [-0.2, 0) is 22.6 Å². The Kier molecular flexibility index (Phi) is 6.69. The maximum absolute atomic E-state index is 13.1. The van der Waals surface area contributed by atoms with Crippen LogP contribution in [0.4, 0.5) is 10.5 Å². The summed E-state index contributed by atoms with van der Waals surface area (Å²) in [6, 6.07) is 19.6. The van der Waals surface area contributed by atoms with Crippen LogP contribution in [0.15, 0.2) is 78.5 Å². The molecule has 2 heterocycles. The Balaban J connectivity index is 1.48. The molecule has 3 aromatic rings. The van der Waals surface area contributed by atoms with Crippen LogP contribution in [0, 0.1) is 0 Å². The molecule has 33 heavy (non-hydrogen) atoms. The summed E-state index contributed by atoms with van der Waals surface area (Å²) >= 11 is 0. The molecule has 1 N–H and O–H groups in total. The fourth-order valence-electron chi connectivity index (χ4n) is 3.62. The van der Waals surface area contributed by atoms with Crippen LogP contribution in [0.2, 0.25) is 0 Å². The quantitative estimate of drug-likeness (QED) is 0.322. The highest BCUT2D eigenvalue weighted by Crippen LogP contribution is 2.23. The topological polar surface area (TPSA) is 80.6 Å². The number of hydrogen-bond donors (Lipinski definition) is 1. The number of carbonyl (C=O) groups is 3. The lowest BCUT2D eigenvalue weighted by Crippen LogP contribution is -2.54. The number of urea groups is 1. The number of anilines is 1. The summed E-state index contributed by atoms with van der Waals surface area (Å²) in [5, 5.41) is 2.27. The Labute approximate surface area is 192 Å². The van der Waals surface area contributed by atoms with E-state index in [1.165, 1.54) is 6.08 Å². The molecule has 1 aliphatic rings. The van der Waals surface area contributed by atoms with Gasteiger partial charge in [-0.1, -0.05) is 37.3 Å². The van der Waals surface area contributed by atoms with Gasteiger partial charge in [0.2, 0.25) is 0 Å². The first-order chi connectivity index (χ1) is 16.1. The molecule has 168 valence electrons. The highest BCUT2D eigenvalue weighted by atomic mass is 16.5. The third kappa shape index (κ3) is 5.03. The van der Waals surface area contributed by atoms with Crippen LogP contribution in [0.1, 0.15) is 24.6 Å². The Morgan fingerprint density at radius 2 is 1.70 bits per heavy atom. The fourth-order valence-corrected chi connectivity index (χ4v) is 3.62. The second kappa shape index (κ2) is 9.99. The number of nitrogens with one attached hydrogen (secondary N) is 1. The van der Waals surface area contributed by atoms with E-state index in [-0.39, 0.29) is 5.57 Å². The molecule has 0 bridgehead atoms. The summed E-state index contributed by atoms with van der Waals surface area (Å²) in [5.74, 6) is -0.534. The largest absolute Gasteiger partial charge is 0.494 e. The van der Waals surface area contributed by atoms with Gasteiger partial charge in [-0.3, -0.25) is 14.9 Å². The number of aryl methyl sites for hydroxylation is 2. The van der Waals surface area contributed by atoms with Crippen LogP contribution in [0.25, 0.3) is 6.08 Å². The summed E-state index contributed by atoms with van der Waals surface area (Å²) < 4.78 is 7.67. The fraction of sp³-hybridized carbons (Fsp3) is 0.192. The third-order valence-electron chi connectivity index (χ3n) is 5.42. The second-order valence-electron chi connectivity index (χ2n) is 7.62. The maximum atomic E-state index is 13.1. The molecule has 2 aromatic carbocycles. The minimum Gasteiger partial charge on any atom is -0.494 e. The smallest absolute Gasteiger partial charge is 0.335 e. The van der Waals surface area contributed by atoms with E-state index < -0.39 is 17.8 Å². The van der Waals surface area contributed by atoms with Crippen molar-refractivity contribution in [1.29, 1.82) is 0 Å². The number of aromatic nitrogens is 1. The predicted octanol–water partition coefficient (Wildman–Crippen LogP) is 4.19. The highest BCUT2D eigenvalue weighted by molar-refractivity contribution is 6.39. The van der Waals surface area contributed by atoms with Gasteiger partial charge in [0, 0.05) is 18.4 Å². The van der Waals surface area contributed by atoms with Crippen molar-refractivity contribution < 1.29 is 19.1 Å². The van der Waals surface area contributed by atoms with Gasteiger partial charge in [0.25, 0.3) is 11.8 Å². The van der Waals surface area contributed by atoms with Crippen molar-refractivity contribution in [1.82, 2.24) is 9.88 Å². The molecular weight excluding hydrogens is 418 g/mol. The molecule has 7 nitrogen and oxygen atoms in total. The van der Waals surface area contributed by atoms with Crippen molar-refractivity contribution in [3.8, 4) is 5.75 Å². The van der Waals surface area contributed by atoms with E-state index in [1.807, 2.05) is 72.3 Å². The lowest BCUT2D eigenvalue weighted by atomic mass is 10.1. The minimum atomic E-state index is -0.750. The predicted molar refractivity (Wildman–Crippen MR) is 126 cm³/mol. The molecule has 0 spiro atoms. The van der Waals surface area contributed by atoms with Gasteiger partial charge in [-0.2, -0.15) is 0 Å². The average molecular weight is 444 g/mol. The SMILES string of the molecule is CCc1ccc(N2C(=O)NC(=O)/C(=C/c3cccn3CCCOc3ccccc3)C2=O)cc1. The first kappa shape index (κ1) is 22.1. The van der Waals surface area contributed by atoms with Gasteiger partial charge in [0.1, 0.15) is 11.3 Å². The second-order valence-corrected chi connectivity index (χ2v) is 7.62. The van der Waals surface area contributed by atoms with Gasteiger partial charge in [0.05, 0.1) is 12.3 Å². The Bertz CT molecular complexity index is 1180. The maximum Gasteiger partial charge on any atom is 0.335 e. The molecule has 7 heteroatoms. The minimum absolute atomic E-state index is 0.0883. The molecule has 1 fully saturated rings. The van der Waals surface area contributed by atoms with Gasteiger partial charge in [-0.25, -0.2) is 9.69 Å². The molecule has 0 atom stereocenters. The Morgan fingerprint density at radius 3 is 2.42 bits per heavy atom. The molecule has 0 saturated carbocycles. The number of hydrogen-bond acceptors (Lipinski definition) is 4. The van der Waals surface area contributed by atoms with E-state index in [0.717, 1.165) is 29.1 Å². The summed E-state index contributed by atoms with van der Waals surface area (Å²) in [5.41, 5.74) is 2.12. The normalized spacial score (nSPS) is 15.1. The molecule has 1 aromatic heterocycles. The van der Waals surface area contributed by atoms with Crippen LogP contribution in [-0.4, -0.2) is 29.0 Å². The molecule has 4 amide bonds. The molecule has 1 aliphatic heterocycles. The number of barbiturate groups is 1. The zero-order chi connectivity index (χ0) is 23.2. The van der Waals surface area contributed by atoms with E-state index in [4.69, 9.17) is 4.74 Å². The number of rotatable bonds is 8. The van der Waals surface area contributed by atoms with Crippen LogP contribution >= 0.6 is 0 Å². The van der Waals surface area contributed by atoms with Gasteiger partial charge in [0.15, 0.2) is 0 Å². The van der Waals surface area contributed by atoms with E-state index in [9.17, 15) is 14.4 Å². The molecule has 0 radical (unpaired) electrons. The first-order valence-electron chi connectivity index (χ1n) is 10.9. The number of para-hydroxylation sites is 1. The Hall–Kier alpha value is -4.13. The van der Waals surface area contributed by atoms with Gasteiger partial charge in [-0.15, -0.1) is 0 Å². The molecular formula is C26H25N3O4. The van der Waals surface area contributed by atoms with Crippen molar-refractivity contribution in [3.63, 3.8) is 0 Å². The van der Waals surface area contributed by atoms with Crippen LogP contribution < -0.4 is 15.0 Å². The van der Waals surface area contributed by atoms with Gasteiger partial charge in [-0.05, 0) is 60.9 Å². The standard InChI is InChI=1S/C26H25N3O4/c1-2-19-11-13-20(14-12-19)29-25(31)23(24(30)27-26(29)32)18-21-8-6-15-28(21)16-7-17-33-22-9-4-3-5-10-22/h3-6,8-15,18H,2,7,16-17H2,1H3,(H,27,30,32)/b23-18-. The van der Waals surface area contributed by atoms with Crippen molar-refractivity contribution in [2.24, 2.45) is 0 Å². The molecule has 1 saturated heterocycles. The van der Waals surface area contributed by atoms with E-state index in [0.29, 0.717) is 24.5 Å². The van der Waals surface area contributed by atoms with Crippen LogP contribution in [0.3, 0.4) is 0 Å². The monoisotopic (exact) mass is 443 g/mol. The summed E-state index contributed by atoms with van der Waals surface area (Å²) in [4.78, 5) is 39.0. The number of benzene rings is 2.